The molecule has 1 fully saturated rings. The molecule has 7 heteroatoms. The summed E-state index contributed by atoms with van der Waals surface area (Å²) < 4.78 is 27.4. The Kier molecular flexibility index (Phi) is 4.19. The van der Waals surface area contributed by atoms with Gasteiger partial charge in [0.1, 0.15) is 12.7 Å². The number of aliphatic hydroxyl groups is 1. The monoisotopic (exact) mass is 236 g/mol. The summed E-state index contributed by atoms with van der Waals surface area (Å²) in [5, 5.41) is 9.26. The van der Waals surface area contributed by atoms with E-state index in [1.165, 1.54) is 6.92 Å². The second-order valence-corrected chi connectivity index (χ2v) is 3.39. The van der Waals surface area contributed by atoms with Crippen LogP contribution in [0.5, 0.6) is 0 Å². The lowest BCUT2D eigenvalue weighted by Crippen LogP contribution is -2.35. The molecule has 0 amide bonds. The molecule has 0 aromatic rings. The second-order valence-electron chi connectivity index (χ2n) is 3.39. The van der Waals surface area contributed by atoms with Crippen LogP contribution in [0.25, 0.3) is 0 Å². The molecule has 0 saturated carbocycles. The van der Waals surface area contributed by atoms with E-state index >= 15 is 0 Å². The first-order valence-corrected chi connectivity index (χ1v) is 4.70. The van der Waals surface area contributed by atoms with Crippen molar-refractivity contribution >= 4 is 11.9 Å². The Morgan fingerprint density at radius 1 is 1.38 bits per heavy atom. The molecule has 1 aliphatic heterocycles. The molecular formula is C9H13FO6. The Bertz CT molecular complexity index is 281. The van der Waals surface area contributed by atoms with E-state index in [0.717, 1.165) is 6.92 Å². The lowest BCUT2D eigenvalue weighted by Gasteiger charge is -2.15. The van der Waals surface area contributed by atoms with Crippen LogP contribution in [0.2, 0.25) is 0 Å². The molecule has 6 nitrogen and oxygen atoms in total. The third kappa shape index (κ3) is 3.14. The van der Waals surface area contributed by atoms with Gasteiger partial charge in [-0.25, -0.2) is 4.39 Å². The number of alkyl halides is 1. The van der Waals surface area contributed by atoms with Gasteiger partial charge in [0.15, 0.2) is 18.6 Å². The van der Waals surface area contributed by atoms with Crippen LogP contribution >= 0.6 is 0 Å². The maximum Gasteiger partial charge on any atom is 0.303 e. The predicted molar refractivity (Wildman–Crippen MR) is 48.0 cm³/mol. The lowest BCUT2D eigenvalue weighted by atomic mass is 10.2. The van der Waals surface area contributed by atoms with Gasteiger partial charge in [0, 0.05) is 13.8 Å². The van der Waals surface area contributed by atoms with Crippen molar-refractivity contribution in [2.24, 2.45) is 0 Å². The number of rotatable bonds is 3. The van der Waals surface area contributed by atoms with Gasteiger partial charge in [-0.3, -0.25) is 9.59 Å². The van der Waals surface area contributed by atoms with E-state index in [1.54, 1.807) is 0 Å². The second kappa shape index (κ2) is 5.22. The summed E-state index contributed by atoms with van der Waals surface area (Å²) in [6.45, 7) is 1.94. The molecule has 2 unspecified atom stereocenters. The van der Waals surface area contributed by atoms with Crippen LogP contribution in [0.4, 0.5) is 4.39 Å². The summed E-state index contributed by atoms with van der Waals surface area (Å²) in [5.74, 6) is -1.30. The minimum absolute atomic E-state index is 0.328. The van der Waals surface area contributed by atoms with Gasteiger partial charge < -0.3 is 19.3 Å². The molecule has 1 saturated heterocycles. The lowest BCUT2D eigenvalue weighted by molar-refractivity contribution is -0.171. The number of ether oxygens (including phenoxy) is 3. The number of hydrogen-bond acceptors (Lipinski definition) is 6. The number of carbonyl (C=O) groups excluding carboxylic acids is 2. The molecule has 0 aliphatic carbocycles. The van der Waals surface area contributed by atoms with Crippen LogP contribution < -0.4 is 0 Å². The highest BCUT2D eigenvalue weighted by molar-refractivity contribution is 5.66. The van der Waals surface area contributed by atoms with Gasteiger partial charge in [-0.1, -0.05) is 0 Å². The predicted octanol–water partition coefficient (Wildman–Crippen LogP) is -0.464. The molecule has 0 aromatic heterocycles. The molecule has 16 heavy (non-hydrogen) atoms. The van der Waals surface area contributed by atoms with Crippen LogP contribution in [-0.4, -0.2) is 48.3 Å². The highest BCUT2D eigenvalue weighted by atomic mass is 19.1. The minimum Gasteiger partial charge on any atom is -0.463 e. The normalized spacial score (nSPS) is 33.5. The van der Waals surface area contributed by atoms with E-state index in [2.05, 4.69) is 9.47 Å². The van der Waals surface area contributed by atoms with Crippen molar-refractivity contribution in [1.29, 1.82) is 0 Å². The van der Waals surface area contributed by atoms with Crippen molar-refractivity contribution in [2.45, 2.75) is 38.5 Å². The fourth-order valence-electron chi connectivity index (χ4n) is 1.35. The zero-order valence-corrected chi connectivity index (χ0v) is 8.88. The number of halogens is 1. The number of carbonyl (C=O) groups is 2. The molecule has 1 N–H and O–H groups in total. The minimum atomic E-state index is -1.72. The van der Waals surface area contributed by atoms with Crippen molar-refractivity contribution in [2.75, 3.05) is 6.61 Å². The summed E-state index contributed by atoms with van der Waals surface area (Å²) in [6.07, 6.45) is -5.76. The fourth-order valence-corrected chi connectivity index (χ4v) is 1.35. The molecule has 1 heterocycles. The molecular weight excluding hydrogens is 223 g/mol. The van der Waals surface area contributed by atoms with Crippen molar-refractivity contribution in [3.63, 3.8) is 0 Å². The Hall–Kier alpha value is -1.21. The largest absolute Gasteiger partial charge is 0.463 e. The van der Waals surface area contributed by atoms with Gasteiger partial charge in [-0.2, -0.15) is 0 Å². The highest BCUT2D eigenvalue weighted by Gasteiger charge is 2.47. The van der Waals surface area contributed by atoms with Crippen molar-refractivity contribution < 1.29 is 33.3 Å². The quantitative estimate of drug-likeness (QED) is 0.667. The fraction of sp³-hybridized carbons (Fsp3) is 0.778. The summed E-state index contributed by atoms with van der Waals surface area (Å²) >= 11 is 0. The van der Waals surface area contributed by atoms with E-state index in [0.29, 0.717) is 0 Å². The van der Waals surface area contributed by atoms with E-state index in [1.807, 2.05) is 0 Å². The third-order valence-electron chi connectivity index (χ3n) is 2.02. The van der Waals surface area contributed by atoms with E-state index in [-0.39, 0.29) is 6.61 Å². The number of hydrogen-bond donors (Lipinski definition) is 1. The smallest absolute Gasteiger partial charge is 0.303 e. The van der Waals surface area contributed by atoms with Crippen molar-refractivity contribution in [1.82, 2.24) is 0 Å². The first-order chi connectivity index (χ1) is 7.41. The van der Waals surface area contributed by atoms with Crippen LogP contribution in [0, 0.1) is 0 Å². The molecule has 1 rings (SSSR count). The standard InChI is InChI=1S/C9H13FO6/c1-4(11)14-3-6-7(10)8(9(13)16-6)15-5(2)12/h6-9,13H,3H2,1-2H3/t6?,7-,8+,9?/m0/s1. The summed E-state index contributed by atoms with van der Waals surface area (Å²) in [5.41, 5.74) is 0. The molecule has 0 spiro atoms. The average Bonchev–Trinajstić information content (AvgIpc) is 2.42. The molecule has 0 radical (unpaired) electrons. The topological polar surface area (TPSA) is 82.1 Å². The Labute approximate surface area is 91.3 Å². The van der Waals surface area contributed by atoms with Crippen molar-refractivity contribution in [3.8, 4) is 0 Å². The van der Waals surface area contributed by atoms with Gasteiger partial charge in [-0.05, 0) is 0 Å². The summed E-state index contributed by atoms with van der Waals surface area (Å²) in [7, 11) is 0. The molecule has 0 aromatic carbocycles. The Morgan fingerprint density at radius 2 is 2.00 bits per heavy atom. The first kappa shape index (κ1) is 12.9. The van der Waals surface area contributed by atoms with Crippen LogP contribution in [0.1, 0.15) is 13.8 Å². The first-order valence-electron chi connectivity index (χ1n) is 4.70. The van der Waals surface area contributed by atoms with Gasteiger partial charge in [0.2, 0.25) is 0 Å². The Morgan fingerprint density at radius 3 is 2.50 bits per heavy atom. The third-order valence-corrected chi connectivity index (χ3v) is 2.02. The summed E-state index contributed by atoms with van der Waals surface area (Å²) in [6, 6.07) is 0. The molecule has 1 aliphatic rings. The van der Waals surface area contributed by atoms with Gasteiger partial charge in [-0.15, -0.1) is 0 Å². The van der Waals surface area contributed by atoms with Crippen LogP contribution in [-0.2, 0) is 23.8 Å². The Balaban J connectivity index is 2.52. The van der Waals surface area contributed by atoms with Crippen molar-refractivity contribution in [3.05, 3.63) is 0 Å². The maximum absolute atomic E-state index is 13.6. The SMILES string of the molecule is CC(=O)OCC1OC(O)[C@H](OC(C)=O)[C@H]1F. The van der Waals surface area contributed by atoms with Gasteiger partial charge >= 0.3 is 11.9 Å². The zero-order chi connectivity index (χ0) is 12.3. The van der Waals surface area contributed by atoms with Gasteiger partial charge in [0.05, 0.1) is 0 Å². The molecule has 0 bridgehead atoms. The molecule has 92 valence electrons. The average molecular weight is 236 g/mol. The van der Waals surface area contributed by atoms with E-state index < -0.39 is 36.6 Å². The highest BCUT2D eigenvalue weighted by Crippen LogP contribution is 2.25. The number of aliphatic hydroxyl groups excluding tert-OH is 1. The van der Waals surface area contributed by atoms with E-state index in [9.17, 15) is 19.1 Å². The van der Waals surface area contributed by atoms with Crippen LogP contribution in [0.15, 0.2) is 0 Å². The number of esters is 2. The van der Waals surface area contributed by atoms with Gasteiger partial charge in [0.25, 0.3) is 0 Å². The molecule has 4 atom stereocenters. The van der Waals surface area contributed by atoms with E-state index in [4.69, 9.17) is 4.74 Å². The summed E-state index contributed by atoms with van der Waals surface area (Å²) in [4.78, 5) is 21.1. The zero-order valence-electron chi connectivity index (χ0n) is 8.88. The van der Waals surface area contributed by atoms with Crippen LogP contribution in [0.3, 0.4) is 0 Å². The maximum atomic E-state index is 13.6.